The number of ether oxygens (including phenoxy) is 1. The number of benzene rings is 2. The number of halogens is 1. The SMILES string of the molecule is COC(=O)[C@H](CNC(=O)CBr)NC(=O)c1ccc(C#CC=Cc2ccccc2)cc1. The third kappa shape index (κ3) is 7.57. The highest BCUT2D eigenvalue weighted by atomic mass is 79.9. The third-order valence-electron chi connectivity index (χ3n) is 3.94. The molecule has 0 aromatic heterocycles. The molecule has 0 unspecified atom stereocenters. The lowest BCUT2D eigenvalue weighted by Gasteiger charge is -2.17. The Labute approximate surface area is 183 Å². The van der Waals surface area contributed by atoms with Crippen LogP contribution < -0.4 is 10.6 Å². The first kappa shape index (κ1) is 22.9. The molecular formula is C23H21BrN2O4. The fourth-order valence-electron chi connectivity index (χ4n) is 2.37. The molecule has 0 saturated carbocycles. The van der Waals surface area contributed by atoms with Gasteiger partial charge >= 0.3 is 5.97 Å². The maximum atomic E-state index is 12.4. The van der Waals surface area contributed by atoms with Crippen LogP contribution >= 0.6 is 15.9 Å². The van der Waals surface area contributed by atoms with Crippen molar-refractivity contribution in [2.24, 2.45) is 0 Å². The Morgan fingerprint density at radius 1 is 1.10 bits per heavy atom. The number of hydrogen-bond acceptors (Lipinski definition) is 4. The van der Waals surface area contributed by atoms with Gasteiger partial charge in [0, 0.05) is 17.7 Å². The van der Waals surface area contributed by atoms with Gasteiger partial charge in [-0.2, -0.15) is 0 Å². The van der Waals surface area contributed by atoms with E-state index in [-0.39, 0.29) is 17.8 Å². The van der Waals surface area contributed by atoms with Crippen molar-refractivity contribution in [3.8, 4) is 11.8 Å². The lowest BCUT2D eigenvalue weighted by Crippen LogP contribution is -2.49. The van der Waals surface area contributed by atoms with Crippen LogP contribution in [0, 0.1) is 11.8 Å². The van der Waals surface area contributed by atoms with Crippen LogP contribution in [0.15, 0.2) is 60.7 Å². The summed E-state index contributed by atoms with van der Waals surface area (Å²) in [6.45, 7) is -0.0693. The van der Waals surface area contributed by atoms with Crippen LogP contribution in [-0.4, -0.2) is 42.8 Å². The largest absolute Gasteiger partial charge is 0.467 e. The monoisotopic (exact) mass is 468 g/mol. The van der Waals surface area contributed by atoms with E-state index in [9.17, 15) is 14.4 Å². The Morgan fingerprint density at radius 3 is 2.43 bits per heavy atom. The van der Waals surface area contributed by atoms with Crippen molar-refractivity contribution in [3.05, 3.63) is 77.4 Å². The number of allylic oxidation sites excluding steroid dienone is 1. The van der Waals surface area contributed by atoms with Crippen LogP contribution in [0.1, 0.15) is 21.5 Å². The number of methoxy groups -OCH3 is 1. The van der Waals surface area contributed by atoms with Crippen molar-refractivity contribution in [2.75, 3.05) is 19.0 Å². The van der Waals surface area contributed by atoms with Crippen molar-refractivity contribution in [1.82, 2.24) is 10.6 Å². The second-order valence-electron chi connectivity index (χ2n) is 6.08. The Bertz CT molecular complexity index is 960. The minimum Gasteiger partial charge on any atom is -0.467 e. The Morgan fingerprint density at radius 2 is 1.80 bits per heavy atom. The molecule has 2 aromatic rings. The summed E-state index contributed by atoms with van der Waals surface area (Å²) in [4.78, 5) is 35.7. The predicted octanol–water partition coefficient (Wildman–Crippen LogP) is 2.53. The van der Waals surface area contributed by atoms with E-state index in [1.54, 1.807) is 30.3 Å². The molecule has 6 nitrogen and oxygen atoms in total. The molecule has 2 aromatic carbocycles. The van der Waals surface area contributed by atoms with E-state index in [0.717, 1.165) is 11.1 Å². The van der Waals surface area contributed by atoms with Crippen molar-refractivity contribution < 1.29 is 19.1 Å². The van der Waals surface area contributed by atoms with E-state index >= 15 is 0 Å². The number of alkyl halides is 1. The zero-order valence-corrected chi connectivity index (χ0v) is 17.9. The highest BCUT2D eigenvalue weighted by molar-refractivity contribution is 9.09. The van der Waals surface area contributed by atoms with Crippen molar-refractivity contribution in [2.45, 2.75) is 6.04 Å². The van der Waals surface area contributed by atoms with Crippen LogP contribution in [0.3, 0.4) is 0 Å². The fraction of sp³-hybridized carbons (Fsp3) is 0.174. The van der Waals surface area contributed by atoms with Crippen molar-refractivity contribution in [3.63, 3.8) is 0 Å². The summed E-state index contributed by atoms with van der Waals surface area (Å²) in [5.41, 5.74) is 2.17. The molecule has 0 aliphatic rings. The lowest BCUT2D eigenvalue weighted by molar-refractivity contribution is -0.142. The molecule has 2 amide bonds. The van der Waals surface area contributed by atoms with Gasteiger partial charge in [-0.1, -0.05) is 58.1 Å². The van der Waals surface area contributed by atoms with Gasteiger partial charge in [0.05, 0.1) is 12.4 Å². The summed E-state index contributed by atoms with van der Waals surface area (Å²) in [6.07, 6.45) is 3.67. The van der Waals surface area contributed by atoms with Gasteiger partial charge in [0.1, 0.15) is 6.04 Å². The summed E-state index contributed by atoms with van der Waals surface area (Å²) in [6, 6.07) is 15.5. The van der Waals surface area contributed by atoms with Crippen LogP contribution in [0.5, 0.6) is 0 Å². The number of carbonyl (C=O) groups is 3. The summed E-state index contributed by atoms with van der Waals surface area (Å²) < 4.78 is 4.68. The topological polar surface area (TPSA) is 84.5 Å². The number of esters is 1. The second kappa shape index (κ2) is 12.2. The number of rotatable bonds is 7. The molecule has 2 rings (SSSR count). The summed E-state index contributed by atoms with van der Waals surface area (Å²) >= 11 is 3.02. The van der Waals surface area contributed by atoms with Crippen LogP contribution in [0.4, 0.5) is 0 Å². The van der Waals surface area contributed by atoms with E-state index in [0.29, 0.717) is 5.56 Å². The number of nitrogens with one attached hydrogen (secondary N) is 2. The molecule has 1 atom stereocenters. The van der Waals surface area contributed by atoms with Crippen molar-refractivity contribution >= 4 is 39.8 Å². The molecule has 0 aliphatic carbocycles. The van der Waals surface area contributed by atoms with Gasteiger partial charge in [0.15, 0.2) is 0 Å². The Kier molecular flexibility index (Phi) is 9.35. The van der Waals surface area contributed by atoms with Gasteiger partial charge in [0.2, 0.25) is 5.91 Å². The summed E-state index contributed by atoms with van der Waals surface area (Å²) in [5, 5.41) is 5.19. The minimum atomic E-state index is -0.993. The molecule has 30 heavy (non-hydrogen) atoms. The van der Waals surface area contributed by atoms with Gasteiger partial charge in [-0.05, 0) is 42.0 Å². The maximum Gasteiger partial charge on any atom is 0.330 e. The fourth-order valence-corrected chi connectivity index (χ4v) is 2.57. The molecule has 2 N–H and O–H groups in total. The second-order valence-corrected chi connectivity index (χ2v) is 6.64. The van der Waals surface area contributed by atoms with Gasteiger partial charge in [0.25, 0.3) is 5.91 Å². The highest BCUT2D eigenvalue weighted by Crippen LogP contribution is 2.05. The van der Waals surface area contributed by atoms with Gasteiger partial charge < -0.3 is 15.4 Å². The molecular weight excluding hydrogens is 448 g/mol. The molecule has 0 aliphatic heterocycles. The van der Waals surface area contributed by atoms with Gasteiger partial charge in [-0.15, -0.1) is 0 Å². The highest BCUT2D eigenvalue weighted by Gasteiger charge is 2.22. The van der Waals surface area contributed by atoms with Gasteiger partial charge in [-0.3, -0.25) is 9.59 Å². The zero-order valence-electron chi connectivity index (χ0n) is 16.4. The summed E-state index contributed by atoms with van der Waals surface area (Å²) in [5.74, 6) is 4.54. The van der Waals surface area contributed by atoms with E-state index in [1.807, 2.05) is 36.4 Å². The van der Waals surface area contributed by atoms with E-state index in [4.69, 9.17) is 0 Å². The number of hydrogen-bond donors (Lipinski definition) is 2. The first-order chi connectivity index (χ1) is 14.5. The lowest BCUT2D eigenvalue weighted by atomic mass is 10.1. The average molecular weight is 469 g/mol. The number of carbonyl (C=O) groups excluding carboxylic acids is 3. The van der Waals surface area contributed by atoms with E-state index in [1.165, 1.54) is 7.11 Å². The van der Waals surface area contributed by atoms with E-state index in [2.05, 4.69) is 43.1 Å². The number of amides is 2. The normalized spacial score (nSPS) is 11.1. The van der Waals surface area contributed by atoms with Crippen LogP contribution in [0.2, 0.25) is 0 Å². The Hall–Kier alpha value is -3.37. The van der Waals surface area contributed by atoms with Crippen LogP contribution in [0.25, 0.3) is 6.08 Å². The molecule has 7 heteroatoms. The van der Waals surface area contributed by atoms with E-state index < -0.39 is 17.9 Å². The average Bonchev–Trinajstić information content (AvgIpc) is 2.79. The molecule has 154 valence electrons. The third-order valence-corrected chi connectivity index (χ3v) is 4.45. The molecule has 0 heterocycles. The summed E-state index contributed by atoms with van der Waals surface area (Å²) in [7, 11) is 1.22. The molecule has 0 saturated heterocycles. The van der Waals surface area contributed by atoms with Crippen LogP contribution in [-0.2, 0) is 14.3 Å². The Balaban J connectivity index is 1.98. The zero-order chi connectivity index (χ0) is 21.8. The molecule has 0 bridgehead atoms. The van der Waals surface area contributed by atoms with Crippen molar-refractivity contribution in [1.29, 1.82) is 0 Å². The quantitative estimate of drug-likeness (QED) is 0.371. The molecule has 0 spiro atoms. The predicted molar refractivity (Wildman–Crippen MR) is 119 cm³/mol. The van der Waals surface area contributed by atoms with Gasteiger partial charge in [-0.25, -0.2) is 4.79 Å². The molecule has 0 radical (unpaired) electrons. The first-order valence-corrected chi connectivity index (χ1v) is 10.2. The molecule has 0 fully saturated rings. The minimum absolute atomic E-state index is 0.0693. The standard InChI is InChI=1S/C23H21BrN2O4/c1-30-23(29)20(16-25-21(27)15-24)26-22(28)19-13-11-18(12-14-19)10-6-5-9-17-7-3-2-4-8-17/h2-5,7-9,11-14,20H,15-16H2,1H3,(H,25,27)(H,26,28)/t20-/m0/s1. The maximum absolute atomic E-state index is 12.4. The first-order valence-electron chi connectivity index (χ1n) is 9.08. The smallest absolute Gasteiger partial charge is 0.330 e.